The number of nitrogens with zero attached hydrogens (tertiary/aromatic N) is 2. The molecule has 0 radical (unpaired) electrons. The van der Waals surface area contributed by atoms with Crippen molar-refractivity contribution in [3.8, 4) is 0 Å². The van der Waals surface area contributed by atoms with Gasteiger partial charge in [0.05, 0.1) is 14.1 Å². The van der Waals surface area contributed by atoms with Gasteiger partial charge in [0.1, 0.15) is 17.7 Å². The summed E-state index contributed by atoms with van der Waals surface area (Å²) in [7, 11) is 4.51. The Morgan fingerprint density at radius 3 is 2.39 bits per heavy atom. The highest BCUT2D eigenvalue weighted by Crippen LogP contribution is 2.44. The highest BCUT2D eigenvalue weighted by molar-refractivity contribution is 5.80. The van der Waals surface area contributed by atoms with Crippen LogP contribution >= 0.6 is 0 Å². The second kappa shape index (κ2) is 9.79. The number of hydrogen-bond donors (Lipinski definition) is 0. The van der Waals surface area contributed by atoms with Gasteiger partial charge < -0.3 is 0 Å². The molecule has 33 heavy (non-hydrogen) atoms. The Hall–Kier alpha value is -2.49. The number of benzene rings is 2. The van der Waals surface area contributed by atoms with E-state index in [0.29, 0.717) is 5.92 Å². The van der Waals surface area contributed by atoms with Crippen molar-refractivity contribution >= 4 is 17.7 Å². The zero-order chi connectivity index (χ0) is 23.5. The van der Waals surface area contributed by atoms with E-state index in [2.05, 4.69) is 99.6 Å². The number of aldehydes is 1. The van der Waals surface area contributed by atoms with Crippen molar-refractivity contribution in [1.29, 1.82) is 0 Å². The predicted molar refractivity (Wildman–Crippen MR) is 139 cm³/mol. The summed E-state index contributed by atoms with van der Waals surface area (Å²) in [4.78, 5) is 14.0. The minimum atomic E-state index is 0.182. The second-order valence-corrected chi connectivity index (χ2v) is 10.5. The first-order chi connectivity index (χ1) is 15.9. The number of carbonyl (C=O) groups is 1. The first-order valence-corrected chi connectivity index (χ1v) is 12.4. The van der Waals surface area contributed by atoms with Gasteiger partial charge in [-0.25, -0.2) is 0 Å². The highest BCUT2D eigenvalue weighted by Gasteiger charge is 2.36. The molecule has 2 aliphatic rings. The second-order valence-electron chi connectivity index (χ2n) is 10.5. The summed E-state index contributed by atoms with van der Waals surface area (Å²) >= 11 is 0. The van der Waals surface area contributed by atoms with E-state index in [1.807, 2.05) is 0 Å². The fraction of sp³-hybridized carbons (Fsp3) is 0.433. The fourth-order valence-electron chi connectivity index (χ4n) is 5.68. The molecule has 0 bridgehead atoms. The van der Waals surface area contributed by atoms with Crippen LogP contribution in [-0.4, -0.2) is 38.4 Å². The standard InChI is InChI=1S/C30H39N2O/c1-5-25-21-30(2,17-14-26(25)23-33)27-15-18-31(19-16-27)22-24-10-9-13-29(20-24)32(3,4)28-11-7-6-8-12-28/h6-14,20-21,23,27H,5,15-19,22H2,1-4H3/q+1. The zero-order valence-electron chi connectivity index (χ0n) is 20.8. The molecule has 0 N–H and O–H groups in total. The smallest absolute Gasteiger partial charge is 0.149 e. The van der Waals surface area contributed by atoms with E-state index >= 15 is 0 Å². The SMILES string of the molecule is CCC1=CC(C)(C2CCN(Cc3cccc([N+](C)(C)c4ccccc4)c3)CC2)CC=C1C=O. The third-order valence-corrected chi connectivity index (χ3v) is 8.03. The summed E-state index contributed by atoms with van der Waals surface area (Å²) in [5.41, 5.74) is 6.33. The largest absolute Gasteiger partial charge is 0.299 e. The van der Waals surface area contributed by atoms with E-state index in [1.54, 1.807) is 0 Å². The van der Waals surface area contributed by atoms with Gasteiger partial charge >= 0.3 is 0 Å². The molecule has 2 aromatic carbocycles. The molecule has 3 heteroatoms. The van der Waals surface area contributed by atoms with Gasteiger partial charge in [-0.15, -0.1) is 0 Å². The first kappa shape index (κ1) is 23.7. The van der Waals surface area contributed by atoms with Crippen LogP contribution in [0.25, 0.3) is 0 Å². The lowest BCUT2D eigenvalue weighted by atomic mass is 9.66. The van der Waals surface area contributed by atoms with Crippen LogP contribution in [0.1, 0.15) is 45.1 Å². The predicted octanol–water partition coefficient (Wildman–Crippen LogP) is 6.67. The van der Waals surface area contributed by atoms with E-state index in [-0.39, 0.29) is 5.41 Å². The van der Waals surface area contributed by atoms with Gasteiger partial charge in [-0.1, -0.05) is 56.3 Å². The van der Waals surface area contributed by atoms with E-state index in [0.717, 1.165) is 48.8 Å². The van der Waals surface area contributed by atoms with Crippen LogP contribution in [0.5, 0.6) is 0 Å². The number of piperidine rings is 1. The van der Waals surface area contributed by atoms with E-state index in [4.69, 9.17) is 0 Å². The van der Waals surface area contributed by atoms with Gasteiger partial charge in [-0.2, -0.15) is 0 Å². The van der Waals surface area contributed by atoms with Gasteiger partial charge in [0.2, 0.25) is 0 Å². The average molecular weight is 444 g/mol. The van der Waals surface area contributed by atoms with Crippen molar-refractivity contribution in [1.82, 2.24) is 9.38 Å². The molecule has 0 aromatic heterocycles. The number of carbonyl (C=O) groups excluding carboxylic acids is 1. The van der Waals surface area contributed by atoms with Crippen molar-refractivity contribution < 1.29 is 4.79 Å². The van der Waals surface area contributed by atoms with E-state index < -0.39 is 0 Å². The lowest BCUT2D eigenvalue weighted by Gasteiger charge is -2.43. The van der Waals surface area contributed by atoms with Gasteiger partial charge in [0.25, 0.3) is 0 Å². The molecule has 1 saturated heterocycles. The minimum Gasteiger partial charge on any atom is -0.299 e. The Morgan fingerprint density at radius 2 is 1.73 bits per heavy atom. The van der Waals surface area contributed by atoms with Crippen molar-refractivity contribution in [2.75, 3.05) is 27.2 Å². The molecular weight excluding hydrogens is 404 g/mol. The molecule has 4 rings (SSSR count). The number of para-hydroxylation sites is 1. The molecule has 0 spiro atoms. The molecule has 174 valence electrons. The minimum absolute atomic E-state index is 0.182. The molecule has 1 atom stereocenters. The lowest BCUT2D eigenvalue weighted by molar-refractivity contribution is -0.104. The van der Waals surface area contributed by atoms with Crippen LogP contribution in [0.4, 0.5) is 11.4 Å². The number of likely N-dealkylation sites (tertiary alicyclic amines) is 1. The number of allylic oxidation sites excluding steroid dienone is 4. The van der Waals surface area contributed by atoms with Crippen LogP contribution < -0.4 is 4.48 Å². The van der Waals surface area contributed by atoms with Crippen LogP contribution in [0.3, 0.4) is 0 Å². The Balaban J connectivity index is 1.40. The Morgan fingerprint density at radius 1 is 1.03 bits per heavy atom. The summed E-state index contributed by atoms with van der Waals surface area (Å²) in [6, 6.07) is 19.8. The summed E-state index contributed by atoms with van der Waals surface area (Å²) in [5, 5.41) is 0. The maximum absolute atomic E-state index is 11.4. The summed E-state index contributed by atoms with van der Waals surface area (Å²) in [6.07, 6.45) is 10.00. The molecular formula is C30H39N2O+. The van der Waals surface area contributed by atoms with Crippen molar-refractivity contribution in [3.05, 3.63) is 83.5 Å². The summed E-state index contributed by atoms with van der Waals surface area (Å²) < 4.78 is 0.748. The monoisotopic (exact) mass is 443 g/mol. The van der Waals surface area contributed by atoms with Gasteiger partial charge in [-0.3, -0.25) is 14.2 Å². The number of quaternary nitrogens is 1. The van der Waals surface area contributed by atoms with E-state index in [1.165, 1.54) is 35.4 Å². The van der Waals surface area contributed by atoms with Crippen LogP contribution in [-0.2, 0) is 11.3 Å². The van der Waals surface area contributed by atoms with Crippen molar-refractivity contribution in [2.24, 2.45) is 11.3 Å². The first-order valence-electron chi connectivity index (χ1n) is 12.4. The summed E-state index contributed by atoms with van der Waals surface area (Å²) in [5.74, 6) is 0.680. The third-order valence-electron chi connectivity index (χ3n) is 8.03. The number of hydrogen-bond acceptors (Lipinski definition) is 2. The Bertz CT molecular complexity index is 1030. The third kappa shape index (κ3) is 5.05. The molecule has 2 aromatic rings. The Labute approximate surface area is 200 Å². The molecule has 0 amide bonds. The molecule has 1 heterocycles. The molecule has 1 aliphatic heterocycles. The molecule has 3 nitrogen and oxygen atoms in total. The van der Waals surface area contributed by atoms with E-state index in [9.17, 15) is 4.79 Å². The molecule has 1 fully saturated rings. The van der Waals surface area contributed by atoms with Crippen LogP contribution in [0.15, 0.2) is 77.9 Å². The fourth-order valence-corrected chi connectivity index (χ4v) is 5.68. The van der Waals surface area contributed by atoms with Gasteiger partial charge in [-0.05, 0) is 79.4 Å². The Kier molecular flexibility index (Phi) is 7.02. The number of rotatable bonds is 7. The maximum atomic E-state index is 11.4. The lowest BCUT2D eigenvalue weighted by Crippen LogP contribution is -2.39. The van der Waals surface area contributed by atoms with Crippen molar-refractivity contribution in [2.45, 2.75) is 46.1 Å². The molecule has 1 aliphatic carbocycles. The maximum Gasteiger partial charge on any atom is 0.149 e. The van der Waals surface area contributed by atoms with Crippen LogP contribution in [0, 0.1) is 11.3 Å². The normalized spacial score (nSPS) is 22.5. The average Bonchev–Trinajstić information content (AvgIpc) is 2.85. The zero-order valence-corrected chi connectivity index (χ0v) is 20.8. The highest BCUT2D eigenvalue weighted by atomic mass is 16.1. The van der Waals surface area contributed by atoms with Gasteiger partial charge in [0.15, 0.2) is 0 Å². The van der Waals surface area contributed by atoms with Crippen molar-refractivity contribution in [3.63, 3.8) is 0 Å². The van der Waals surface area contributed by atoms with Gasteiger partial charge in [0, 0.05) is 18.2 Å². The summed E-state index contributed by atoms with van der Waals surface area (Å²) in [6.45, 7) is 7.84. The molecule has 0 saturated carbocycles. The van der Waals surface area contributed by atoms with Crippen LogP contribution in [0.2, 0.25) is 0 Å². The molecule has 1 unspecified atom stereocenters. The quantitative estimate of drug-likeness (QED) is 0.352. The topological polar surface area (TPSA) is 20.3 Å².